The zero-order chi connectivity index (χ0) is 20.9. The second-order valence-corrected chi connectivity index (χ2v) is 7.82. The lowest BCUT2D eigenvalue weighted by Gasteiger charge is -2.09. The summed E-state index contributed by atoms with van der Waals surface area (Å²) in [6, 6.07) is -0.376. The molecule has 6 heteroatoms. The maximum absolute atomic E-state index is 12.0. The molecule has 0 spiro atoms. The fraction of sp³-hybridized carbons (Fsp3) is 0.864. The Morgan fingerprint density at radius 3 is 1.68 bits per heavy atom. The van der Waals surface area contributed by atoms with Crippen molar-refractivity contribution < 1.29 is 9.59 Å². The van der Waals surface area contributed by atoms with E-state index in [0.29, 0.717) is 19.4 Å². The van der Waals surface area contributed by atoms with Gasteiger partial charge in [0.05, 0.1) is 6.04 Å². The molecule has 0 aliphatic heterocycles. The summed E-state index contributed by atoms with van der Waals surface area (Å²) in [7, 11) is 0. The highest BCUT2D eigenvalue weighted by Gasteiger charge is 2.12. The number of Topliss-reactive ketones (excluding diaryl/α,β-unsaturated/α-hetero) is 1. The van der Waals surface area contributed by atoms with Crippen molar-refractivity contribution in [3.8, 4) is 0 Å². The van der Waals surface area contributed by atoms with Crippen LogP contribution in [0.25, 0.3) is 0 Å². The van der Waals surface area contributed by atoms with Gasteiger partial charge in [0.1, 0.15) is 12.1 Å². The molecule has 0 radical (unpaired) electrons. The van der Waals surface area contributed by atoms with E-state index in [2.05, 4.69) is 4.99 Å². The molecule has 0 aromatic heterocycles. The number of guanidine groups is 1. The Labute approximate surface area is 172 Å². The minimum Gasteiger partial charge on any atom is -0.370 e. The second kappa shape index (κ2) is 20.3. The van der Waals surface area contributed by atoms with Crippen LogP contribution in [0.4, 0.5) is 0 Å². The second-order valence-electron chi connectivity index (χ2n) is 7.82. The average molecular weight is 397 g/mol. The summed E-state index contributed by atoms with van der Waals surface area (Å²) in [5.41, 5.74) is 16.4. The Bertz CT molecular complexity index is 409. The Morgan fingerprint density at radius 2 is 1.21 bits per heavy atom. The molecule has 1 atom stereocenters. The summed E-state index contributed by atoms with van der Waals surface area (Å²) < 4.78 is 0. The number of hydrogen-bond acceptors (Lipinski definition) is 4. The van der Waals surface area contributed by atoms with Gasteiger partial charge in [-0.2, -0.15) is 0 Å². The van der Waals surface area contributed by atoms with Crippen LogP contribution in [0, 0.1) is 0 Å². The molecule has 0 aromatic rings. The number of rotatable bonds is 21. The quantitative estimate of drug-likeness (QED) is 0.117. The molecule has 0 saturated carbocycles. The number of nitrogens with zero attached hydrogens (tertiary/aromatic N) is 1. The molecule has 0 heterocycles. The molecule has 0 unspecified atom stereocenters. The molecule has 0 fully saturated rings. The van der Waals surface area contributed by atoms with E-state index in [0.717, 1.165) is 38.4 Å². The number of hydrogen-bond donors (Lipinski definition) is 3. The lowest BCUT2D eigenvalue weighted by atomic mass is 10.0. The number of aldehydes is 1. The third kappa shape index (κ3) is 19.3. The Hall–Kier alpha value is -1.43. The smallest absolute Gasteiger partial charge is 0.185 e. The van der Waals surface area contributed by atoms with Crippen molar-refractivity contribution in [3.05, 3.63) is 0 Å². The van der Waals surface area contributed by atoms with Gasteiger partial charge in [-0.15, -0.1) is 0 Å². The van der Waals surface area contributed by atoms with Crippen LogP contribution >= 0.6 is 0 Å². The summed E-state index contributed by atoms with van der Waals surface area (Å²) in [5, 5.41) is 0. The van der Waals surface area contributed by atoms with Crippen molar-refractivity contribution in [1.82, 2.24) is 0 Å². The van der Waals surface area contributed by atoms with Gasteiger partial charge in [0.15, 0.2) is 5.96 Å². The normalized spacial score (nSPS) is 11.9. The molecular weight excluding hydrogens is 352 g/mol. The lowest BCUT2D eigenvalue weighted by Crippen LogP contribution is -2.30. The molecule has 0 rings (SSSR count). The molecule has 0 aromatic carbocycles. The number of carbonyl (C=O) groups is 2. The van der Waals surface area contributed by atoms with Gasteiger partial charge in [-0.25, -0.2) is 0 Å². The zero-order valence-electron chi connectivity index (χ0n) is 17.9. The number of carbonyl (C=O) groups excluding carboxylic acids is 2. The third-order valence-corrected chi connectivity index (χ3v) is 5.13. The number of unbranched alkanes of at least 4 members (excludes halogenated alkanes) is 13. The van der Waals surface area contributed by atoms with E-state index in [-0.39, 0.29) is 17.8 Å². The van der Waals surface area contributed by atoms with Crippen molar-refractivity contribution >= 4 is 18.0 Å². The predicted molar refractivity (Wildman–Crippen MR) is 118 cm³/mol. The van der Waals surface area contributed by atoms with E-state index < -0.39 is 0 Å². The highest BCUT2D eigenvalue weighted by atomic mass is 16.1. The minimum absolute atomic E-state index is 0.0855. The molecule has 0 bridgehead atoms. The van der Waals surface area contributed by atoms with Crippen LogP contribution in [0.3, 0.4) is 0 Å². The molecule has 0 saturated heterocycles. The average Bonchev–Trinajstić information content (AvgIpc) is 2.67. The van der Waals surface area contributed by atoms with Gasteiger partial charge in [-0.05, 0) is 25.7 Å². The van der Waals surface area contributed by atoms with Gasteiger partial charge in [0, 0.05) is 19.4 Å². The first-order valence-electron chi connectivity index (χ1n) is 11.3. The van der Waals surface area contributed by atoms with Crippen molar-refractivity contribution in [1.29, 1.82) is 0 Å². The number of ketones is 1. The van der Waals surface area contributed by atoms with Gasteiger partial charge >= 0.3 is 0 Å². The Kier molecular flexibility index (Phi) is 19.3. The molecule has 164 valence electrons. The van der Waals surface area contributed by atoms with Crippen molar-refractivity contribution in [3.63, 3.8) is 0 Å². The van der Waals surface area contributed by atoms with Crippen LogP contribution in [0.1, 0.15) is 109 Å². The highest BCUT2D eigenvalue weighted by molar-refractivity contribution is 5.83. The van der Waals surface area contributed by atoms with Crippen LogP contribution in [-0.2, 0) is 9.59 Å². The van der Waals surface area contributed by atoms with E-state index in [1.165, 1.54) is 64.2 Å². The van der Waals surface area contributed by atoms with Gasteiger partial charge in [0.2, 0.25) is 0 Å². The van der Waals surface area contributed by atoms with E-state index >= 15 is 0 Å². The van der Waals surface area contributed by atoms with Gasteiger partial charge in [-0.3, -0.25) is 9.79 Å². The lowest BCUT2D eigenvalue weighted by molar-refractivity contribution is -0.120. The van der Waals surface area contributed by atoms with Crippen LogP contribution in [0.2, 0.25) is 0 Å². The summed E-state index contributed by atoms with van der Waals surface area (Å²) in [5.74, 6) is 0.248. The van der Waals surface area contributed by atoms with E-state index in [4.69, 9.17) is 17.2 Å². The number of nitrogens with two attached hydrogens (primary N) is 3. The van der Waals surface area contributed by atoms with Gasteiger partial charge < -0.3 is 22.0 Å². The van der Waals surface area contributed by atoms with Crippen molar-refractivity contribution in [2.24, 2.45) is 22.2 Å². The summed E-state index contributed by atoms with van der Waals surface area (Å²) in [6.07, 6.45) is 19.7. The first kappa shape index (κ1) is 26.6. The standard InChI is InChI=1S/C22H44N4O2/c23-20(16-15-18-26-22(24)25)21(28)17-13-11-9-7-5-3-1-2-4-6-8-10-12-14-19-27/h19-20H,1-18,23H2,(H4,24,25,26)/t20-/m0/s1. The van der Waals surface area contributed by atoms with Crippen LogP contribution in [0.5, 0.6) is 0 Å². The zero-order valence-corrected chi connectivity index (χ0v) is 17.9. The van der Waals surface area contributed by atoms with E-state index in [1.807, 2.05) is 0 Å². The van der Waals surface area contributed by atoms with Crippen molar-refractivity contribution in [2.45, 2.75) is 115 Å². The number of aliphatic imine (C=N–C) groups is 1. The Balaban J connectivity index is 3.30. The van der Waals surface area contributed by atoms with E-state index in [1.54, 1.807) is 0 Å². The fourth-order valence-corrected chi connectivity index (χ4v) is 3.34. The maximum atomic E-state index is 12.0. The summed E-state index contributed by atoms with van der Waals surface area (Å²) in [6.45, 7) is 0.532. The van der Waals surface area contributed by atoms with Crippen LogP contribution in [0.15, 0.2) is 4.99 Å². The maximum Gasteiger partial charge on any atom is 0.185 e. The molecular formula is C22H44N4O2. The Morgan fingerprint density at radius 1 is 0.750 bits per heavy atom. The van der Waals surface area contributed by atoms with Crippen LogP contribution < -0.4 is 17.2 Å². The summed E-state index contributed by atoms with van der Waals surface area (Å²) in [4.78, 5) is 26.1. The summed E-state index contributed by atoms with van der Waals surface area (Å²) >= 11 is 0. The largest absolute Gasteiger partial charge is 0.370 e. The SMILES string of the molecule is NC(N)=NCCC[C@H](N)C(=O)CCCCCCCCCCCCCCCC=O. The van der Waals surface area contributed by atoms with E-state index in [9.17, 15) is 9.59 Å². The third-order valence-electron chi connectivity index (χ3n) is 5.13. The van der Waals surface area contributed by atoms with Crippen LogP contribution in [-0.4, -0.2) is 30.6 Å². The topological polar surface area (TPSA) is 125 Å². The molecule has 6 N–H and O–H groups in total. The fourth-order valence-electron chi connectivity index (χ4n) is 3.34. The molecule has 28 heavy (non-hydrogen) atoms. The molecule has 6 nitrogen and oxygen atoms in total. The van der Waals surface area contributed by atoms with Crippen molar-refractivity contribution in [2.75, 3.05) is 6.54 Å². The molecule has 0 aliphatic carbocycles. The highest BCUT2D eigenvalue weighted by Crippen LogP contribution is 2.13. The minimum atomic E-state index is -0.376. The molecule has 0 aliphatic rings. The first-order chi connectivity index (χ1) is 13.6. The van der Waals surface area contributed by atoms with Gasteiger partial charge in [0.25, 0.3) is 0 Å². The molecule has 0 amide bonds. The monoisotopic (exact) mass is 396 g/mol. The predicted octanol–water partition coefficient (Wildman–Crippen LogP) is 3.99. The van der Waals surface area contributed by atoms with Gasteiger partial charge in [-0.1, -0.05) is 70.6 Å². The first-order valence-corrected chi connectivity index (χ1v) is 11.3.